The number of hydrogen-bond acceptors (Lipinski definition) is 2. The quantitative estimate of drug-likeness (QED) is 0.923. The summed E-state index contributed by atoms with van der Waals surface area (Å²) in [6, 6.07) is 4.06. The van der Waals surface area contributed by atoms with Crippen molar-refractivity contribution in [1.82, 2.24) is 10.3 Å². The van der Waals surface area contributed by atoms with E-state index in [1.165, 1.54) is 19.3 Å². The molecule has 112 valence electrons. The lowest BCUT2D eigenvalue weighted by Gasteiger charge is -2.55. The summed E-state index contributed by atoms with van der Waals surface area (Å²) >= 11 is 0. The highest BCUT2D eigenvalue weighted by molar-refractivity contribution is 5.83. The molecule has 0 unspecified atom stereocenters. The number of nitrogens with one attached hydrogen (secondary N) is 1. The summed E-state index contributed by atoms with van der Waals surface area (Å²) in [5.41, 5.74) is 1.10. The molecular weight excluding hydrogens is 260 g/mol. The summed E-state index contributed by atoms with van der Waals surface area (Å²) < 4.78 is 0. The fourth-order valence-corrected chi connectivity index (χ4v) is 5.47. The molecule has 3 heteroatoms. The second kappa shape index (κ2) is 4.82. The zero-order valence-electron chi connectivity index (χ0n) is 12.7. The molecule has 0 aliphatic heterocycles. The molecule has 1 amide bonds. The van der Waals surface area contributed by atoms with Gasteiger partial charge in [0.05, 0.1) is 6.04 Å². The maximum Gasteiger partial charge on any atom is 0.226 e. The number of pyridine rings is 1. The van der Waals surface area contributed by atoms with E-state index in [1.807, 2.05) is 12.1 Å². The number of carbonyl (C=O) groups is 1. The van der Waals surface area contributed by atoms with Gasteiger partial charge in [0.25, 0.3) is 0 Å². The normalized spacial score (nSPS) is 38.2. The lowest BCUT2D eigenvalue weighted by Crippen LogP contribution is -2.53. The van der Waals surface area contributed by atoms with Gasteiger partial charge in [-0.1, -0.05) is 0 Å². The lowest BCUT2D eigenvalue weighted by molar-refractivity contribution is -0.147. The molecule has 4 aliphatic carbocycles. The van der Waals surface area contributed by atoms with Gasteiger partial charge in [-0.15, -0.1) is 0 Å². The zero-order chi connectivity index (χ0) is 14.4. The van der Waals surface area contributed by atoms with Crippen LogP contribution in [0.2, 0.25) is 0 Å². The van der Waals surface area contributed by atoms with Crippen molar-refractivity contribution in [3.8, 4) is 0 Å². The molecule has 0 radical (unpaired) electrons. The third-order valence-electron chi connectivity index (χ3n) is 6.07. The van der Waals surface area contributed by atoms with Crippen LogP contribution >= 0.6 is 0 Å². The van der Waals surface area contributed by atoms with Gasteiger partial charge in [0.1, 0.15) is 0 Å². The third-order valence-corrected chi connectivity index (χ3v) is 6.07. The fourth-order valence-electron chi connectivity index (χ4n) is 5.47. The number of carbonyl (C=O) groups excluding carboxylic acids is 1. The molecule has 1 heterocycles. The molecule has 5 rings (SSSR count). The Morgan fingerprint density at radius 3 is 2.19 bits per heavy atom. The van der Waals surface area contributed by atoms with Crippen LogP contribution in [0, 0.1) is 23.2 Å². The largest absolute Gasteiger partial charge is 0.349 e. The molecule has 4 saturated carbocycles. The summed E-state index contributed by atoms with van der Waals surface area (Å²) in [6.45, 7) is 2.08. The van der Waals surface area contributed by atoms with Crippen molar-refractivity contribution in [3.05, 3.63) is 30.1 Å². The minimum Gasteiger partial charge on any atom is -0.349 e. The fraction of sp³-hybridized carbons (Fsp3) is 0.667. The molecule has 1 atom stereocenters. The van der Waals surface area contributed by atoms with Crippen LogP contribution in [-0.2, 0) is 4.79 Å². The first-order chi connectivity index (χ1) is 10.1. The molecule has 21 heavy (non-hydrogen) atoms. The molecule has 1 aromatic rings. The highest BCUT2D eigenvalue weighted by Gasteiger charge is 2.54. The Hall–Kier alpha value is -1.38. The van der Waals surface area contributed by atoms with E-state index in [-0.39, 0.29) is 11.5 Å². The van der Waals surface area contributed by atoms with Crippen LogP contribution in [0.25, 0.3) is 0 Å². The van der Waals surface area contributed by atoms with Crippen molar-refractivity contribution in [2.45, 2.75) is 51.5 Å². The zero-order valence-corrected chi connectivity index (χ0v) is 12.7. The van der Waals surface area contributed by atoms with E-state index in [0.717, 1.165) is 42.6 Å². The van der Waals surface area contributed by atoms with Crippen molar-refractivity contribution in [2.24, 2.45) is 23.2 Å². The van der Waals surface area contributed by atoms with E-state index in [4.69, 9.17) is 0 Å². The molecule has 3 nitrogen and oxygen atoms in total. The van der Waals surface area contributed by atoms with Gasteiger partial charge in [0.2, 0.25) is 5.91 Å². The number of amides is 1. The molecule has 0 saturated heterocycles. The Labute approximate surface area is 126 Å². The Balaban J connectivity index is 1.50. The summed E-state index contributed by atoms with van der Waals surface area (Å²) in [7, 11) is 0. The van der Waals surface area contributed by atoms with Crippen molar-refractivity contribution >= 4 is 5.91 Å². The number of nitrogens with zero attached hydrogens (tertiary/aromatic N) is 1. The van der Waals surface area contributed by atoms with Crippen LogP contribution in [0.5, 0.6) is 0 Å². The maximum absolute atomic E-state index is 13.0. The van der Waals surface area contributed by atoms with Crippen LogP contribution in [0.1, 0.15) is 57.1 Å². The lowest BCUT2D eigenvalue weighted by atomic mass is 9.49. The average Bonchev–Trinajstić information content (AvgIpc) is 2.46. The average molecular weight is 284 g/mol. The second-order valence-electron chi connectivity index (χ2n) is 7.67. The number of hydrogen-bond donors (Lipinski definition) is 1. The second-order valence-corrected chi connectivity index (χ2v) is 7.67. The SMILES string of the molecule is C[C@@H](NC(=O)C12CC3CC(CC(C3)C1)C2)c1ccncc1. The topological polar surface area (TPSA) is 42.0 Å². The van der Waals surface area contributed by atoms with Gasteiger partial charge in [-0.3, -0.25) is 9.78 Å². The summed E-state index contributed by atoms with van der Waals surface area (Å²) in [6.07, 6.45) is 11.1. The van der Waals surface area contributed by atoms with Gasteiger partial charge in [0, 0.05) is 17.8 Å². The van der Waals surface area contributed by atoms with E-state index in [9.17, 15) is 4.79 Å². The van der Waals surface area contributed by atoms with Crippen LogP contribution in [-0.4, -0.2) is 10.9 Å². The Kier molecular flexibility index (Phi) is 3.05. The number of aromatic nitrogens is 1. The van der Waals surface area contributed by atoms with E-state index < -0.39 is 0 Å². The maximum atomic E-state index is 13.0. The molecular formula is C18H24N2O. The molecule has 0 spiro atoms. The minimum absolute atomic E-state index is 0.0456. The van der Waals surface area contributed by atoms with Gasteiger partial charge in [-0.2, -0.15) is 0 Å². The predicted molar refractivity (Wildman–Crippen MR) is 81.4 cm³/mol. The monoisotopic (exact) mass is 284 g/mol. The first kappa shape index (κ1) is 13.3. The van der Waals surface area contributed by atoms with Crippen LogP contribution in [0.15, 0.2) is 24.5 Å². The number of rotatable bonds is 3. The molecule has 4 bridgehead atoms. The smallest absolute Gasteiger partial charge is 0.226 e. The van der Waals surface area contributed by atoms with Gasteiger partial charge in [-0.25, -0.2) is 0 Å². The molecule has 4 aliphatic rings. The van der Waals surface area contributed by atoms with Crippen molar-refractivity contribution < 1.29 is 4.79 Å². The summed E-state index contributed by atoms with van der Waals surface area (Å²) in [4.78, 5) is 17.0. The highest BCUT2D eigenvalue weighted by Crippen LogP contribution is 2.60. The van der Waals surface area contributed by atoms with E-state index in [1.54, 1.807) is 12.4 Å². The molecule has 4 fully saturated rings. The third kappa shape index (κ3) is 2.27. The van der Waals surface area contributed by atoms with Crippen molar-refractivity contribution in [1.29, 1.82) is 0 Å². The Morgan fingerprint density at radius 2 is 1.67 bits per heavy atom. The Morgan fingerprint density at radius 1 is 1.14 bits per heavy atom. The van der Waals surface area contributed by atoms with E-state index in [2.05, 4.69) is 17.2 Å². The molecule has 1 N–H and O–H groups in total. The van der Waals surface area contributed by atoms with E-state index >= 15 is 0 Å². The molecule has 1 aromatic heterocycles. The Bertz CT molecular complexity index is 504. The van der Waals surface area contributed by atoms with Crippen LogP contribution in [0.3, 0.4) is 0 Å². The van der Waals surface area contributed by atoms with Gasteiger partial charge in [0.15, 0.2) is 0 Å². The van der Waals surface area contributed by atoms with Crippen molar-refractivity contribution in [3.63, 3.8) is 0 Å². The van der Waals surface area contributed by atoms with Crippen molar-refractivity contribution in [2.75, 3.05) is 0 Å². The first-order valence-corrected chi connectivity index (χ1v) is 8.35. The van der Waals surface area contributed by atoms with Crippen LogP contribution < -0.4 is 5.32 Å². The predicted octanol–water partition coefficient (Wildman–Crippen LogP) is 3.48. The van der Waals surface area contributed by atoms with Gasteiger partial charge < -0.3 is 5.32 Å². The van der Waals surface area contributed by atoms with Gasteiger partial charge in [-0.05, 0) is 80.9 Å². The van der Waals surface area contributed by atoms with Gasteiger partial charge >= 0.3 is 0 Å². The molecule has 0 aromatic carbocycles. The summed E-state index contributed by atoms with van der Waals surface area (Å²) in [5, 5.41) is 3.29. The highest BCUT2D eigenvalue weighted by atomic mass is 16.2. The summed E-state index contributed by atoms with van der Waals surface area (Å²) in [5.74, 6) is 2.76. The van der Waals surface area contributed by atoms with Crippen LogP contribution in [0.4, 0.5) is 0 Å². The van der Waals surface area contributed by atoms with E-state index in [0.29, 0.717) is 5.91 Å². The standard InChI is InChI=1S/C18H24N2O/c1-12(16-2-4-19-5-3-16)20-17(21)18-9-13-6-14(10-18)8-15(7-13)11-18/h2-5,12-15H,6-11H2,1H3,(H,20,21)/t12-,13?,14?,15?,18?/m1/s1. The minimum atomic E-state index is -0.0456. The first-order valence-electron chi connectivity index (χ1n) is 8.35.